The van der Waals surface area contributed by atoms with Crippen LogP contribution in [0.25, 0.3) is 0 Å². The predicted molar refractivity (Wildman–Crippen MR) is 58.7 cm³/mol. The van der Waals surface area contributed by atoms with Crippen molar-refractivity contribution in [2.24, 2.45) is 5.92 Å². The number of carbonyl (C=O) groups excluding carboxylic acids is 1. The Labute approximate surface area is 91.8 Å². The number of nitrogens with zero attached hydrogens (tertiary/aromatic N) is 1. The van der Waals surface area contributed by atoms with E-state index >= 15 is 0 Å². The van der Waals surface area contributed by atoms with E-state index in [4.69, 9.17) is 4.74 Å². The lowest BCUT2D eigenvalue weighted by atomic mass is 9.71. The van der Waals surface area contributed by atoms with Gasteiger partial charge in [-0.3, -0.25) is 4.90 Å². The van der Waals surface area contributed by atoms with Crippen molar-refractivity contribution in [1.29, 1.82) is 0 Å². The molecule has 86 valence electrons. The van der Waals surface area contributed by atoms with Crippen molar-refractivity contribution in [3.8, 4) is 0 Å². The van der Waals surface area contributed by atoms with E-state index in [1.807, 2.05) is 4.90 Å². The van der Waals surface area contributed by atoms with Crippen molar-refractivity contribution in [3.63, 3.8) is 0 Å². The zero-order chi connectivity index (χ0) is 11.3. The molecule has 0 aromatic carbocycles. The molecule has 0 spiro atoms. The molecule has 15 heavy (non-hydrogen) atoms. The molecule has 2 fully saturated rings. The Morgan fingerprint density at radius 2 is 2.00 bits per heavy atom. The Morgan fingerprint density at radius 1 is 1.33 bits per heavy atom. The lowest BCUT2D eigenvalue weighted by Gasteiger charge is -2.46. The van der Waals surface area contributed by atoms with Crippen LogP contribution in [0.4, 0.5) is 4.79 Å². The van der Waals surface area contributed by atoms with Crippen LogP contribution in [0.2, 0.25) is 0 Å². The van der Waals surface area contributed by atoms with E-state index in [-0.39, 0.29) is 17.2 Å². The first kappa shape index (κ1) is 10.8. The minimum atomic E-state index is -0.329. The normalized spacial score (nSPS) is 40.6. The average Bonchev–Trinajstić information content (AvgIpc) is 2.37. The molecule has 0 bridgehead atoms. The standard InChI is InChI=1S/C12H21NO2/c1-9(2)12(4)11(3)7-5-6-8-13(11)10(14)15-12/h9H,5-8H2,1-4H3/t11?,12-/m0/s1. The van der Waals surface area contributed by atoms with Gasteiger partial charge in [0.1, 0.15) is 5.60 Å². The van der Waals surface area contributed by atoms with Crippen LogP contribution in [0, 0.1) is 5.92 Å². The fraction of sp³-hybridized carbons (Fsp3) is 0.917. The lowest BCUT2D eigenvalue weighted by molar-refractivity contribution is -0.0419. The number of hydrogen-bond donors (Lipinski definition) is 0. The maximum atomic E-state index is 11.8. The van der Waals surface area contributed by atoms with Crippen molar-refractivity contribution < 1.29 is 9.53 Å². The van der Waals surface area contributed by atoms with Gasteiger partial charge in [-0.05, 0) is 39.0 Å². The van der Waals surface area contributed by atoms with Crippen LogP contribution in [0.15, 0.2) is 0 Å². The first-order valence-corrected chi connectivity index (χ1v) is 5.92. The zero-order valence-electron chi connectivity index (χ0n) is 10.2. The molecule has 3 nitrogen and oxygen atoms in total. The van der Waals surface area contributed by atoms with Gasteiger partial charge >= 0.3 is 6.09 Å². The fourth-order valence-corrected chi connectivity index (χ4v) is 3.02. The Bertz CT molecular complexity index is 289. The van der Waals surface area contributed by atoms with E-state index in [9.17, 15) is 4.79 Å². The highest BCUT2D eigenvalue weighted by Gasteiger charge is 2.61. The first-order chi connectivity index (χ1) is 6.92. The smallest absolute Gasteiger partial charge is 0.410 e. The van der Waals surface area contributed by atoms with Crippen LogP contribution >= 0.6 is 0 Å². The second-order valence-corrected chi connectivity index (χ2v) is 5.51. The number of hydrogen-bond acceptors (Lipinski definition) is 2. The first-order valence-electron chi connectivity index (χ1n) is 5.92. The van der Waals surface area contributed by atoms with E-state index in [2.05, 4.69) is 27.7 Å². The number of fused-ring (bicyclic) bond motifs is 1. The molecule has 2 aliphatic heterocycles. The minimum Gasteiger partial charge on any atom is -0.440 e. The van der Waals surface area contributed by atoms with Crippen LogP contribution in [-0.4, -0.2) is 28.7 Å². The summed E-state index contributed by atoms with van der Waals surface area (Å²) in [5, 5.41) is 0. The summed E-state index contributed by atoms with van der Waals surface area (Å²) in [5.41, 5.74) is -0.430. The minimum absolute atomic E-state index is 0.101. The van der Waals surface area contributed by atoms with E-state index in [0.29, 0.717) is 5.92 Å². The zero-order valence-corrected chi connectivity index (χ0v) is 10.2. The van der Waals surface area contributed by atoms with Gasteiger partial charge in [0, 0.05) is 6.54 Å². The summed E-state index contributed by atoms with van der Waals surface area (Å²) >= 11 is 0. The molecule has 2 saturated heterocycles. The van der Waals surface area contributed by atoms with Gasteiger partial charge in [0.05, 0.1) is 5.54 Å². The Hall–Kier alpha value is -0.730. The molecule has 0 aromatic rings. The van der Waals surface area contributed by atoms with E-state index in [1.54, 1.807) is 0 Å². The van der Waals surface area contributed by atoms with E-state index in [1.165, 1.54) is 6.42 Å². The van der Waals surface area contributed by atoms with Gasteiger partial charge < -0.3 is 4.74 Å². The highest BCUT2D eigenvalue weighted by atomic mass is 16.6. The van der Waals surface area contributed by atoms with Gasteiger partial charge in [0.15, 0.2) is 0 Å². The van der Waals surface area contributed by atoms with Crippen molar-refractivity contribution >= 4 is 6.09 Å². The van der Waals surface area contributed by atoms with Gasteiger partial charge in [-0.1, -0.05) is 13.8 Å². The van der Waals surface area contributed by atoms with Crippen LogP contribution < -0.4 is 0 Å². The van der Waals surface area contributed by atoms with Crippen LogP contribution in [0.3, 0.4) is 0 Å². The largest absolute Gasteiger partial charge is 0.440 e. The average molecular weight is 211 g/mol. The third-order valence-corrected chi connectivity index (χ3v) is 4.58. The van der Waals surface area contributed by atoms with Gasteiger partial charge in [-0.2, -0.15) is 0 Å². The number of piperidine rings is 1. The number of amides is 1. The summed E-state index contributed by atoms with van der Waals surface area (Å²) in [6.07, 6.45) is 3.26. The number of carbonyl (C=O) groups is 1. The molecule has 0 aromatic heterocycles. The Morgan fingerprint density at radius 3 is 2.60 bits per heavy atom. The summed E-state index contributed by atoms with van der Waals surface area (Å²) in [6, 6.07) is 0. The number of rotatable bonds is 1. The fourth-order valence-electron chi connectivity index (χ4n) is 3.02. The van der Waals surface area contributed by atoms with Crippen LogP contribution in [0.5, 0.6) is 0 Å². The summed E-state index contributed by atoms with van der Waals surface area (Å²) < 4.78 is 5.65. The molecule has 2 atom stereocenters. The summed E-state index contributed by atoms with van der Waals surface area (Å²) in [6.45, 7) is 9.39. The second kappa shape index (κ2) is 3.13. The highest BCUT2D eigenvalue weighted by Crippen LogP contribution is 2.48. The SMILES string of the molecule is CC(C)[C@]1(C)OC(=O)N2CCCCC21C. The molecule has 2 aliphatic rings. The molecule has 0 N–H and O–H groups in total. The molecule has 0 aliphatic carbocycles. The van der Waals surface area contributed by atoms with Gasteiger partial charge in [-0.15, -0.1) is 0 Å². The van der Waals surface area contributed by atoms with Crippen LogP contribution in [0.1, 0.15) is 47.0 Å². The number of ether oxygens (including phenoxy) is 1. The molecule has 1 amide bonds. The van der Waals surface area contributed by atoms with Gasteiger partial charge in [0.2, 0.25) is 0 Å². The monoisotopic (exact) mass is 211 g/mol. The molecular weight excluding hydrogens is 190 g/mol. The molecule has 3 heteroatoms. The van der Waals surface area contributed by atoms with Crippen molar-refractivity contribution in [1.82, 2.24) is 4.90 Å². The molecular formula is C12H21NO2. The predicted octanol–water partition coefficient (Wildman–Crippen LogP) is 2.80. The highest BCUT2D eigenvalue weighted by molar-refractivity contribution is 5.73. The maximum Gasteiger partial charge on any atom is 0.410 e. The van der Waals surface area contributed by atoms with Crippen molar-refractivity contribution in [3.05, 3.63) is 0 Å². The molecule has 0 radical (unpaired) electrons. The van der Waals surface area contributed by atoms with Crippen LogP contribution in [-0.2, 0) is 4.74 Å². The molecule has 1 unspecified atom stereocenters. The van der Waals surface area contributed by atoms with Gasteiger partial charge in [0.25, 0.3) is 0 Å². The van der Waals surface area contributed by atoms with E-state index < -0.39 is 0 Å². The third-order valence-electron chi connectivity index (χ3n) is 4.58. The Kier molecular flexibility index (Phi) is 2.25. The van der Waals surface area contributed by atoms with Crippen molar-refractivity contribution in [2.45, 2.75) is 58.1 Å². The van der Waals surface area contributed by atoms with E-state index in [0.717, 1.165) is 19.4 Å². The maximum absolute atomic E-state index is 11.8. The topological polar surface area (TPSA) is 29.5 Å². The molecule has 2 rings (SSSR count). The lowest BCUT2D eigenvalue weighted by Crippen LogP contribution is -2.59. The quantitative estimate of drug-likeness (QED) is 0.667. The third kappa shape index (κ3) is 1.21. The number of cyclic esters (lactones) is 1. The Balaban J connectivity index is 2.39. The van der Waals surface area contributed by atoms with Crippen molar-refractivity contribution in [2.75, 3.05) is 6.54 Å². The second-order valence-electron chi connectivity index (χ2n) is 5.51. The summed E-state index contributed by atoms with van der Waals surface area (Å²) in [5.74, 6) is 0.356. The molecule has 0 saturated carbocycles. The van der Waals surface area contributed by atoms with Gasteiger partial charge in [-0.25, -0.2) is 4.79 Å². The molecule has 2 heterocycles. The summed E-state index contributed by atoms with van der Waals surface area (Å²) in [4.78, 5) is 13.8. The summed E-state index contributed by atoms with van der Waals surface area (Å²) in [7, 11) is 0.